The molecule has 2 fully saturated rings. The highest BCUT2D eigenvalue weighted by Gasteiger charge is 2.36. The van der Waals surface area contributed by atoms with E-state index >= 15 is 0 Å². The van der Waals surface area contributed by atoms with Crippen LogP contribution >= 0.6 is 35.3 Å². The number of aromatic nitrogens is 1. The summed E-state index contributed by atoms with van der Waals surface area (Å²) in [5, 5.41) is 0.451. The molecular weight excluding hydrogens is 312 g/mol. The fraction of sp³-hybridized carbons (Fsp3) is 0.692. The number of carbonyl (C=O) groups is 1. The number of rotatable bonds is 2. The summed E-state index contributed by atoms with van der Waals surface area (Å²) in [4.78, 5) is 18.9. The molecule has 1 amide bonds. The smallest absolute Gasteiger partial charge is 0.228 e. The van der Waals surface area contributed by atoms with Crippen LogP contribution in [0.25, 0.3) is 0 Å². The van der Waals surface area contributed by atoms with E-state index in [1.54, 1.807) is 0 Å². The molecule has 2 atom stereocenters. The molecule has 1 N–H and O–H groups in total. The number of carbonyl (C=O) groups excluding carboxylic acids is 1. The number of fused-ring (bicyclic) bond motifs is 1. The molecule has 1 aromatic heterocycles. The number of thiazole rings is 1. The van der Waals surface area contributed by atoms with Crippen LogP contribution in [0.2, 0.25) is 0 Å². The maximum Gasteiger partial charge on any atom is 0.228 e. The molecule has 3 rings (SSSR count). The molecule has 0 aromatic carbocycles. The standard InChI is InChI=1S/C13H18N2O2S3/c1-8-10(20-13(18)14-8)6-12(16)15-3-5-19-11-7-17-4-2-9(11)15/h9,11H,2-7H2,1H3,(H,14,18)/t9-,11-/m1/s1. The molecule has 7 heteroatoms. The molecule has 20 heavy (non-hydrogen) atoms. The Bertz CT molecular complexity index is 552. The van der Waals surface area contributed by atoms with E-state index in [1.165, 1.54) is 11.3 Å². The Labute approximate surface area is 131 Å². The Kier molecular flexibility index (Phi) is 4.49. The van der Waals surface area contributed by atoms with Gasteiger partial charge in [-0.1, -0.05) is 0 Å². The van der Waals surface area contributed by atoms with Crippen LogP contribution in [0.5, 0.6) is 0 Å². The molecule has 3 heterocycles. The van der Waals surface area contributed by atoms with Crippen LogP contribution in [0, 0.1) is 10.9 Å². The number of nitrogens with one attached hydrogen (secondary N) is 1. The second kappa shape index (κ2) is 6.17. The van der Waals surface area contributed by atoms with Gasteiger partial charge in [-0.15, -0.1) is 11.3 Å². The molecule has 0 saturated carbocycles. The lowest BCUT2D eigenvalue weighted by Gasteiger charge is -2.43. The minimum Gasteiger partial charge on any atom is -0.380 e. The lowest BCUT2D eigenvalue weighted by atomic mass is 10.1. The third-order valence-corrected chi connectivity index (χ3v) is 6.52. The normalized spacial score (nSPS) is 26.4. The van der Waals surface area contributed by atoms with Crippen LogP contribution in [0.3, 0.4) is 0 Å². The first-order chi connectivity index (χ1) is 9.65. The number of amides is 1. The van der Waals surface area contributed by atoms with Crippen LogP contribution in [0.1, 0.15) is 17.0 Å². The fourth-order valence-corrected chi connectivity index (χ4v) is 5.42. The summed E-state index contributed by atoms with van der Waals surface area (Å²) < 4.78 is 6.29. The van der Waals surface area contributed by atoms with Crippen molar-refractivity contribution in [1.82, 2.24) is 9.88 Å². The third kappa shape index (κ3) is 2.95. The first-order valence-electron chi connectivity index (χ1n) is 6.82. The van der Waals surface area contributed by atoms with Gasteiger partial charge in [-0.3, -0.25) is 4.79 Å². The first-order valence-corrected chi connectivity index (χ1v) is 9.10. The average molecular weight is 331 g/mol. The third-order valence-electron chi connectivity index (χ3n) is 3.89. The van der Waals surface area contributed by atoms with Gasteiger partial charge in [-0.05, 0) is 25.6 Å². The number of H-pyrrole nitrogens is 1. The summed E-state index contributed by atoms with van der Waals surface area (Å²) in [6.07, 6.45) is 1.43. The first kappa shape index (κ1) is 14.6. The molecular formula is C13H18N2O2S3. The summed E-state index contributed by atoms with van der Waals surface area (Å²) >= 11 is 8.60. The summed E-state index contributed by atoms with van der Waals surface area (Å²) in [7, 11) is 0. The number of nitrogens with zero attached hydrogens (tertiary/aromatic N) is 1. The van der Waals surface area contributed by atoms with Crippen molar-refractivity contribution in [1.29, 1.82) is 0 Å². The summed E-state index contributed by atoms with van der Waals surface area (Å²) in [5.41, 5.74) is 1.03. The van der Waals surface area contributed by atoms with Crippen molar-refractivity contribution in [2.45, 2.75) is 31.1 Å². The SMILES string of the molecule is Cc1[nH]c(=S)sc1CC(=O)N1CCS[C@@H]2COCC[C@H]21. The van der Waals surface area contributed by atoms with E-state index in [-0.39, 0.29) is 5.91 Å². The van der Waals surface area contributed by atoms with E-state index in [4.69, 9.17) is 17.0 Å². The van der Waals surface area contributed by atoms with E-state index < -0.39 is 0 Å². The molecule has 2 aliphatic rings. The van der Waals surface area contributed by atoms with E-state index in [9.17, 15) is 4.79 Å². The summed E-state index contributed by atoms with van der Waals surface area (Å²) in [6.45, 7) is 4.40. The van der Waals surface area contributed by atoms with Gasteiger partial charge in [-0.2, -0.15) is 11.8 Å². The van der Waals surface area contributed by atoms with Gasteiger partial charge in [0.1, 0.15) is 0 Å². The number of hydrogen-bond donors (Lipinski definition) is 1. The lowest BCUT2D eigenvalue weighted by molar-refractivity contribution is -0.134. The van der Waals surface area contributed by atoms with Gasteiger partial charge >= 0.3 is 0 Å². The maximum atomic E-state index is 12.6. The summed E-state index contributed by atoms with van der Waals surface area (Å²) in [6, 6.07) is 0.349. The second-order valence-electron chi connectivity index (χ2n) is 5.17. The predicted octanol–water partition coefficient (Wildman–Crippen LogP) is 2.39. The topological polar surface area (TPSA) is 45.3 Å². The molecule has 110 valence electrons. The zero-order valence-electron chi connectivity index (χ0n) is 11.4. The highest BCUT2D eigenvalue weighted by atomic mass is 32.2. The van der Waals surface area contributed by atoms with Gasteiger partial charge in [0, 0.05) is 40.8 Å². The van der Waals surface area contributed by atoms with Crippen molar-refractivity contribution >= 4 is 41.2 Å². The maximum absolute atomic E-state index is 12.6. The highest BCUT2D eigenvalue weighted by molar-refractivity contribution is 8.00. The van der Waals surface area contributed by atoms with Crippen LogP contribution in [-0.4, -0.2) is 52.6 Å². The van der Waals surface area contributed by atoms with Gasteiger partial charge in [0.2, 0.25) is 5.91 Å². The minimum absolute atomic E-state index is 0.232. The largest absolute Gasteiger partial charge is 0.380 e. The van der Waals surface area contributed by atoms with Gasteiger partial charge in [0.15, 0.2) is 3.95 Å². The minimum atomic E-state index is 0.232. The fourth-order valence-electron chi connectivity index (χ4n) is 2.84. The molecule has 2 saturated heterocycles. The van der Waals surface area contributed by atoms with E-state index in [0.717, 1.165) is 46.5 Å². The Morgan fingerprint density at radius 3 is 3.20 bits per heavy atom. The Morgan fingerprint density at radius 2 is 2.45 bits per heavy atom. The van der Waals surface area contributed by atoms with Crippen molar-refractivity contribution in [2.24, 2.45) is 0 Å². The molecule has 0 radical (unpaired) electrons. The molecule has 0 aliphatic carbocycles. The Balaban J connectivity index is 1.72. The van der Waals surface area contributed by atoms with Crippen molar-refractivity contribution in [2.75, 3.05) is 25.5 Å². The quantitative estimate of drug-likeness (QED) is 0.846. The predicted molar refractivity (Wildman–Crippen MR) is 85.1 cm³/mol. The number of hydrogen-bond acceptors (Lipinski definition) is 5. The lowest BCUT2D eigenvalue weighted by Crippen LogP contribution is -2.54. The van der Waals surface area contributed by atoms with Crippen LogP contribution in [0.15, 0.2) is 0 Å². The van der Waals surface area contributed by atoms with Gasteiger partial charge in [-0.25, -0.2) is 0 Å². The molecule has 0 spiro atoms. The van der Waals surface area contributed by atoms with E-state index in [1.807, 2.05) is 18.7 Å². The van der Waals surface area contributed by atoms with E-state index in [0.29, 0.717) is 17.7 Å². The summed E-state index contributed by atoms with van der Waals surface area (Å²) in [5.74, 6) is 1.24. The van der Waals surface area contributed by atoms with Crippen molar-refractivity contribution in [3.8, 4) is 0 Å². The molecule has 0 bridgehead atoms. The number of aromatic amines is 1. The molecule has 1 aromatic rings. The van der Waals surface area contributed by atoms with Crippen molar-refractivity contribution < 1.29 is 9.53 Å². The second-order valence-corrected chi connectivity index (χ2v) is 8.29. The zero-order chi connectivity index (χ0) is 14.1. The zero-order valence-corrected chi connectivity index (χ0v) is 13.8. The Morgan fingerprint density at radius 1 is 1.60 bits per heavy atom. The molecule has 0 unspecified atom stereocenters. The average Bonchev–Trinajstić information content (AvgIpc) is 2.76. The van der Waals surface area contributed by atoms with Gasteiger partial charge in [0.05, 0.1) is 13.0 Å². The molecule has 2 aliphatic heterocycles. The van der Waals surface area contributed by atoms with Gasteiger partial charge < -0.3 is 14.6 Å². The number of thioether (sulfide) groups is 1. The number of aryl methyl sites for hydroxylation is 1. The van der Waals surface area contributed by atoms with E-state index in [2.05, 4.69) is 9.88 Å². The van der Waals surface area contributed by atoms with Crippen LogP contribution < -0.4 is 0 Å². The number of ether oxygens (including phenoxy) is 1. The van der Waals surface area contributed by atoms with Crippen LogP contribution in [0.4, 0.5) is 0 Å². The van der Waals surface area contributed by atoms with Crippen molar-refractivity contribution in [3.05, 3.63) is 14.5 Å². The van der Waals surface area contributed by atoms with Gasteiger partial charge in [0.25, 0.3) is 0 Å². The Hall–Kier alpha value is -0.370. The van der Waals surface area contributed by atoms with Crippen molar-refractivity contribution in [3.63, 3.8) is 0 Å². The highest BCUT2D eigenvalue weighted by Crippen LogP contribution is 2.31. The van der Waals surface area contributed by atoms with Crippen LogP contribution in [-0.2, 0) is 16.0 Å². The molecule has 4 nitrogen and oxygen atoms in total. The monoisotopic (exact) mass is 330 g/mol.